The van der Waals surface area contributed by atoms with Crippen LogP contribution in [0.15, 0.2) is 36.4 Å². The minimum atomic E-state index is -0.144. The molecule has 0 aromatic heterocycles. The second-order valence-corrected chi connectivity index (χ2v) is 13.2. The Labute approximate surface area is 232 Å². The lowest BCUT2D eigenvalue weighted by molar-refractivity contribution is -0.137. The summed E-state index contributed by atoms with van der Waals surface area (Å²) >= 11 is 0. The van der Waals surface area contributed by atoms with Gasteiger partial charge in [-0.15, -0.1) is 0 Å². The standard InChI is InChI=1S/C34H40N2O3/c1-21(2)19-36(31(38)14-9-23-6-4-5-22(3)17-23)27-11-10-26-28-18-25-29(37)12-13-30-32(25)34(26,33(27)39-30)15-16-35(28)20-24-7-8-24/h4-6,12-13,17,21,24,26-28,33,37H,7-8,10-11,15-16,18-20H2,1-3H3/t26-,27+,28+,33-,34-/m0/s1. The molecule has 2 heterocycles. The van der Waals surface area contributed by atoms with Crippen molar-refractivity contribution in [2.45, 2.75) is 82.9 Å². The Kier molecular flexibility index (Phi) is 5.97. The molecule has 1 spiro atoms. The van der Waals surface area contributed by atoms with Gasteiger partial charge in [-0.3, -0.25) is 9.69 Å². The third-order valence-corrected chi connectivity index (χ3v) is 10.2. The number of carbonyl (C=O) groups excluding carboxylic acids is 1. The molecule has 2 aliphatic heterocycles. The lowest BCUT2D eigenvalue weighted by Crippen LogP contribution is -2.69. The molecule has 5 aliphatic rings. The molecule has 204 valence electrons. The number of aromatic hydroxyl groups is 1. The molecular weight excluding hydrogens is 484 g/mol. The van der Waals surface area contributed by atoms with Crippen LogP contribution in [0, 0.1) is 36.5 Å². The van der Waals surface area contributed by atoms with Crippen LogP contribution in [0.2, 0.25) is 0 Å². The monoisotopic (exact) mass is 524 g/mol. The van der Waals surface area contributed by atoms with E-state index in [0.29, 0.717) is 30.2 Å². The molecule has 2 saturated carbocycles. The first-order valence-corrected chi connectivity index (χ1v) is 15.0. The number of piperidine rings is 1. The molecule has 39 heavy (non-hydrogen) atoms. The van der Waals surface area contributed by atoms with Crippen LogP contribution in [0.25, 0.3) is 0 Å². The third-order valence-electron chi connectivity index (χ3n) is 10.2. The summed E-state index contributed by atoms with van der Waals surface area (Å²) in [6.07, 6.45) is 6.57. The lowest BCUT2D eigenvalue weighted by Gasteiger charge is -2.60. The number of hydrogen-bond acceptors (Lipinski definition) is 4. The Morgan fingerprint density at radius 2 is 2.05 bits per heavy atom. The minimum absolute atomic E-state index is 0.0286. The van der Waals surface area contributed by atoms with E-state index in [-0.39, 0.29) is 23.5 Å². The molecule has 0 radical (unpaired) electrons. The maximum absolute atomic E-state index is 13.8. The van der Waals surface area contributed by atoms with Crippen molar-refractivity contribution < 1.29 is 14.6 Å². The molecule has 2 aromatic rings. The van der Waals surface area contributed by atoms with Crippen LogP contribution in [-0.4, -0.2) is 58.6 Å². The number of ether oxygens (including phenoxy) is 1. The fourth-order valence-electron chi connectivity index (χ4n) is 8.47. The van der Waals surface area contributed by atoms with Gasteiger partial charge in [-0.25, -0.2) is 0 Å². The second kappa shape index (κ2) is 9.30. The fourth-order valence-corrected chi connectivity index (χ4v) is 8.47. The van der Waals surface area contributed by atoms with Crippen LogP contribution in [-0.2, 0) is 16.6 Å². The molecule has 1 saturated heterocycles. The number of amides is 1. The Morgan fingerprint density at radius 3 is 2.82 bits per heavy atom. The van der Waals surface area contributed by atoms with E-state index in [1.807, 2.05) is 48.2 Å². The highest BCUT2D eigenvalue weighted by Gasteiger charge is 2.66. The Bertz CT molecular complexity index is 1370. The molecule has 0 unspecified atom stereocenters. The lowest BCUT2D eigenvalue weighted by atomic mass is 9.50. The zero-order valence-electron chi connectivity index (χ0n) is 23.5. The van der Waals surface area contributed by atoms with E-state index in [4.69, 9.17) is 4.74 Å². The summed E-state index contributed by atoms with van der Waals surface area (Å²) in [5.41, 5.74) is 4.22. The van der Waals surface area contributed by atoms with Gasteiger partial charge in [0.25, 0.3) is 5.91 Å². The molecule has 1 amide bonds. The van der Waals surface area contributed by atoms with E-state index >= 15 is 0 Å². The Hall–Kier alpha value is -2.97. The van der Waals surface area contributed by atoms with Crippen LogP contribution in [0.4, 0.5) is 0 Å². The Balaban J connectivity index is 1.26. The van der Waals surface area contributed by atoms with Crippen molar-refractivity contribution in [3.63, 3.8) is 0 Å². The summed E-state index contributed by atoms with van der Waals surface area (Å²) in [7, 11) is 0. The molecule has 7 rings (SSSR count). The van der Waals surface area contributed by atoms with Crippen molar-refractivity contribution in [2.75, 3.05) is 19.6 Å². The number of phenolic OH excluding ortho intramolecular Hbond substituents is 1. The smallest absolute Gasteiger partial charge is 0.299 e. The van der Waals surface area contributed by atoms with Crippen molar-refractivity contribution in [1.82, 2.24) is 9.80 Å². The number of benzene rings is 2. The highest BCUT2D eigenvalue weighted by atomic mass is 16.5. The first-order chi connectivity index (χ1) is 18.8. The van der Waals surface area contributed by atoms with E-state index < -0.39 is 0 Å². The van der Waals surface area contributed by atoms with Crippen LogP contribution >= 0.6 is 0 Å². The van der Waals surface area contributed by atoms with Gasteiger partial charge in [-0.05, 0) is 99.6 Å². The van der Waals surface area contributed by atoms with E-state index in [2.05, 4.69) is 30.6 Å². The predicted octanol–water partition coefficient (Wildman–Crippen LogP) is 5.05. The molecule has 5 heteroatoms. The average Bonchev–Trinajstić information content (AvgIpc) is 3.67. The number of phenols is 1. The van der Waals surface area contributed by atoms with Crippen LogP contribution in [0.3, 0.4) is 0 Å². The van der Waals surface area contributed by atoms with Gasteiger partial charge in [0.2, 0.25) is 0 Å². The van der Waals surface area contributed by atoms with Crippen molar-refractivity contribution in [1.29, 1.82) is 0 Å². The summed E-state index contributed by atoms with van der Waals surface area (Å²) in [6.45, 7) is 9.32. The van der Waals surface area contributed by atoms with Gasteiger partial charge in [0.05, 0.1) is 6.04 Å². The van der Waals surface area contributed by atoms with Gasteiger partial charge in [0.1, 0.15) is 17.6 Å². The maximum Gasteiger partial charge on any atom is 0.299 e. The van der Waals surface area contributed by atoms with Gasteiger partial charge in [-0.1, -0.05) is 31.9 Å². The van der Waals surface area contributed by atoms with Crippen LogP contribution < -0.4 is 4.74 Å². The van der Waals surface area contributed by atoms with Crippen molar-refractivity contribution in [3.8, 4) is 23.3 Å². The number of carbonyl (C=O) groups is 1. The minimum Gasteiger partial charge on any atom is -0.508 e. The zero-order valence-corrected chi connectivity index (χ0v) is 23.5. The second-order valence-electron chi connectivity index (χ2n) is 13.2. The first-order valence-electron chi connectivity index (χ1n) is 15.0. The Morgan fingerprint density at radius 1 is 1.21 bits per heavy atom. The van der Waals surface area contributed by atoms with Gasteiger partial charge < -0.3 is 14.7 Å². The number of rotatable bonds is 5. The summed E-state index contributed by atoms with van der Waals surface area (Å²) in [4.78, 5) is 18.6. The fraction of sp³-hybridized carbons (Fsp3) is 0.559. The number of nitrogens with zero attached hydrogens (tertiary/aromatic N) is 2. The first kappa shape index (κ1) is 25.0. The van der Waals surface area contributed by atoms with Gasteiger partial charge in [0, 0.05) is 47.2 Å². The molecule has 2 bridgehead atoms. The SMILES string of the molecule is Cc1cccc(C#CC(=O)N(CC(C)C)[C@@H]2CC[C@H]3[C@H]4Cc5c(O)ccc6c5[C@@]3(CCN4CC3CC3)[C@H]2O6)c1. The zero-order chi connectivity index (χ0) is 26.9. The molecular formula is C34H40N2O3. The molecule has 1 N–H and O–H groups in total. The summed E-state index contributed by atoms with van der Waals surface area (Å²) in [5.74, 6) is 9.05. The van der Waals surface area contributed by atoms with E-state index in [1.54, 1.807) is 0 Å². The molecule has 2 aromatic carbocycles. The maximum atomic E-state index is 13.8. The topological polar surface area (TPSA) is 53.0 Å². The van der Waals surface area contributed by atoms with E-state index in [0.717, 1.165) is 60.6 Å². The van der Waals surface area contributed by atoms with Crippen molar-refractivity contribution in [2.24, 2.45) is 17.8 Å². The summed E-state index contributed by atoms with van der Waals surface area (Å²) < 4.78 is 6.89. The predicted molar refractivity (Wildman–Crippen MR) is 152 cm³/mol. The average molecular weight is 525 g/mol. The van der Waals surface area contributed by atoms with Gasteiger partial charge >= 0.3 is 0 Å². The van der Waals surface area contributed by atoms with E-state index in [1.165, 1.54) is 24.9 Å². The molecule has 5 nitrogen and oxygen atoms in total. The van der Waals surface area contributed by atoms with Gasteiger partial charge in [-0.2, -0.15) is 0 Å². The summed E-state index contributed by atoms with van der Waals surface area (Å²) in [5, 5.41) is 11.0. The molecule has 3 fully saturated rings. The summed E-state index contributed by atoms with van der Waals surface area (Å²) in [6, 6.07) is 12.2. The van der Waals surface area contributed by atoms with E-state index in [9.17, 15) is 9.90 Å². The quantitative estimate of drug-likeness (QED) is 0.556. The van der Waals surface area contributed by atoms with Crippen LogP contribution in [0.5, 0.6) is 11.5 Å². The highest BCUT2D eigenvalue weighted by Crippen LogP contribution is 2.64. The van der Waals surface area contributed by atoms with Crippen molar-refractivity contribution >= 4 is 5.91 Å². The molecule has 5 atom stereocenters. The molecule has 3 aliphatic carbocycles. The van der Waals surface area contributed by atoms with Crippen molar-refractivity contribution in [3.05, 3.63) is 58.7 Å². The highest BCUT2D eigenvalue weighted by molar-refractivity contribution is 5.94. The number of hydrogen-bond donors (Lipinski definition) is 1. The third kappa shape index (κ3) is 4.06. The van der Waals surface area contributed by atoms with Crippen LogP contribution in [0.1, 0.15) is 68.2 Å². The normalized spacial score (nSPS) is 30.3. The van der Waals surface area contributed by atoms with Gasteiger partial charge in [0.15, 0.2) is 0 Å². The number of likely N-dealkylation sites (tertiary alicyclic amines) is 1. The number of aryl methyl sites for hydroxylation is 1. The largest absolute Gasteiger partial charge is 0.508 e.